The van der Waals surface area contributed by atoms with Crippen LogP contribution in [0.1, 0.15) is 32.3 Å². The Balaban J connectivity index is 1.68. The van der Waals surface area contributed by atoms with Gasteiger partial charge in [0.2, 0.25) is 0 Å². The lowest BCUT2D eigenvalue weighted by Crippen LogP contribution is -2.30. The van der Waals surface area contributed by atoms with Crippen LogP contribution in [0.2, 0.25) is 0 Å². The van der Waals surface area contributed by atoms with Crippen molar-refractivity contribution in [3.05, 3.63) is 44.3 Å². The highest BCUT2D eigenvalue weighted by molar-refractivity contribution is 7.14. The highest BCUT2D eigenvalue weighted by atomic mass is 32.1. The van der Waals surface area contributed by atoms with Crippen LogP contribution in [0.15, 0.2) is 29.6 Å². The lowest BCUT2D eigenvalue weighted by atomic mass is 10.2. The number of amides is 1. The molecular weight excluding hydrogens is 346 g/mol. The quantitative estimate of drug-likeness (QED) is 0.532. The van der Waals surface area contributed by atoms with Crippen molar-refractivity contribution < 1.29 is 19.1 Å². The van der Waals surface area contributed by atoms with Crippen molar-refractivity contribution in [2.24, 2.45) is 0 Å². The third kappa shape index (κ3) is 5.58. The van der Waals surface area contributed by atoms with Crippen molar-refractivity contribution in [3.8, 4) is 0 Å². The monoisotopic (exact) mass is 365 g/mol. The van der Waals surface area contributed by atoms with Gasteiger partial charge in [-0.2, -0.15) is 0 Å². The molecule has 0 aromatic carbocycles. The van der Waals surface area contributed by atoms with Crippen molar-refractivity contribution >= 4 is 40.3 Å². The fraction of sp³-hybridized carbons (Fsp3) is 0.353. The molecule has 0 unspecified atom stereocenters. The second kappa shape index (κ2) is 8.75. The number of hydrogen-bond donors (Lipinski definition) is 0. The van der Waals surface area contributed by atoms with Crippen LogP contribution in [-0.4, -0.2) is 36.2 Å². The normalized spacial score (nSPS) is 10.4. The number of Topliss-reactive ketones (excluding diaryl/α,β-unsaturated/α-hetero) is 1. The maximum absolute atomic E-state index is 11.9. The van der Waals surface area contributed by atoms with E-state index in [1.807, 2.05) is 30.5 Å². The fourth-order valence-electron chi connectivity index (χ4n) is 1.97. The number of likely N-dealkylation sites (N-methyl/N-ethyl adjacent to an activating group) is 1. The van der Waals surface area contributed by atoms with Crippen molar-refractivity contribution in [2.75, 3.05) is 13.7 Å². The first-order valence-corrected chi connectivity index (χ1v) is 9.17. The van der Waals surface area contributed by atoms with Gasteiger partial charge in [-0.25, -0.2) is 0 Å². The largest absolute Gasteiger partial charge is 0.456 e. The Morgan fingerprint density at radius 3 is 2.58 bits per heavy atom. The molecule has 2 heterocycles. The third-order valence-corrected chi connectivity index (χ3v) is 5.23. The van der Waals surface area contributed by atoms with Crippen molar-refractivity contribution in [1.82, 2.24) is 4.90 Å². The molecule has 0 saturated carbocycles. The number of hydrogen-bond acceptors (Lipinski definition) is 6. The molecule has 0 bridgehead atoms. The Morgan fingerprint density at radius 1 is 1.17 bits per heavy atom. The van der Waals surface area contributed by atoms with Gasteiger partial charge < -0.3 is 9.64 Å². The number of ketones is 1. The molecule has 128 valence electrons. The third-order valence-electron chi connectivity index (χ3n) is 3.33. The summed E-state index contributed by atoms with van der Waals surface area (Å²) in [7, 11) is 1.67. The van der Waals surface area contributed by atoms with Gasteiger partial charge in [-0.3, -0.25) is 14.4 Å². The molecule has 0 spiro atoms. The van der Waals surface area contributed by atoms with Crippen molar-refractivity contribution in [3.63, 3.8) is 0 Å². The van der Waals surface area contributed by atoms with E-state index in [0.29, 0.717) is 11.4 Å². The molecule has 2 rings (SSSR count). The van der Waals surface area contributed by atoms with E-state index in [2.05, 4.69) is 0 Å². The molecule has 0 saturated heterocycles. The summed E-state index contributed by atoms with van der Waals surface area (Å²) < 4.78 is 4.96. The van der Waals surface area contributed by atoms with Crippen LogP contribution in [-0.2, 0) is 20.9 Å². The number of thiophene rings is 2. The lowest BCUT2D eigenvalue weighted by molar-refractivity contribution is -0.151. The smallest absolute Gasteiger partial charge is 0.306 e. The average molecular weight is 365 g/mol. The van der Waals surface area contributed by atoms with Crippen LogP contribution in [0.3, 0.4) is 0 Å². The zero-order valence-electron chi connectivity index (χ0n) is 13.6. The van der Waals surface area contributed by atoms with E-state index in [9.17, 15) is 14.4 Å². The second-order valence-electron chi connectivity index (χ2n) is 5.32. The lowest BCUT2D eigenvalue weighted by Gasteiger charge is -2.16. The van der Waals surface area contributed by atoms with Gasteiger partial charge >= 0.3 is 5.97 Å². The Labute approximate surface area is 148 Å². The number of rotatable bonds is 8. The standard InChI is InChI=1S/C17H19NO4S2/c1-12-5-7-15(24-12)14(19)6-8-17(21)22-11-16(20)18(2)10-13-4-3-9-23-13/h3-5,7,9H,6,8,10-11H2,1-2H3. The van der Waals surface area contributed by atoms with Gasteiger partial charge in [0.15, 0.2) is 12.4 Å². The topological polar surface area (TPSA) is 63.7 Å². The minimum Gasteiger partial charge on any atom is -0.456 e. The Kier molecular flexibility index (Phi) is 6.69. The van der Waals surface area contributed by atoms with E-state index < -0.39 is 5.97 Å². The van der Waals surface area contributed by atoms with Gasteiger partial charge in [0.25, 0.3) is 5.91 Å². The summed E-state index contributed by atoms with van der Waals surface area (Å²) in [6.07, 6.45) is 0.0791. The molecule has 0 aliphatic rings. The van der Waals surface area contributed by atoms with E-state index in [1.54, 1.807) is 24.5 Å². The summed E-state index contributed by atoms with van der Waals surface area (Å²) in [5.74, 6) is -0.877. The number of carbonyl (C=O) groups is 3. The van der Waals surface area contributed by atoms with Gasteiger partial charge in [0.1, 0.15) is 0 Å². The molecule has 0 radical (unpaired) electrons. The van der Waals surface area contributed by atoms with E-state index in [-0.39, 0.29) is 31.1 Å². The molecule has 0 aliphatic carbocycles. The summed E-state index contributed by atoms with van der Waals surface area (Å²) in [6, 6.07) is 7.50. The van der Waals surface area contributed by atoms with Gasteiger partial charge in [0, 0.05) is 23.2 Å². The van der Waals surface area contributed by atoms with Gasteiger partial charge in [-0.15, -0.1) is 22.7 Å². The zero-order chi connectivity index (χ0) is 17.5. The molecule has 0 N–H and O–H groups in total. The van der Waals surface area contributed by atoms with Crippen LogP contribution in [0, 0.1) is 6.92 Å². The van der Waals surface area contributed by atoms with E-state index in [4.69, 9.17) is 4.74 Å². The fourth-order valence-corrected chi connectivity index (χ4v) is 3.56. The molecule has 24 heavy (non-hydrogen) atoms. The summed E-state index contributed by atoms with van der Waals surface area (Å²) in [4.78, 5) is 39.8. The molecule has 0 aliphatic heterocycles. The van der Waals surface area contributed by atoms with Crippen LogP contribution < -0.4 is 0 Å². The van der Waals surface area contributed by atoms with E-state index >= 15 is 0 Å². The minimum atomic E-state index is -0.533. The highest BCUT2D eigenvalue weighted by Crippen LogP contribution is 2.17. The molecule has 1 amide bonds. The summed E-state index contributed by atoms with van der Waals surface area (Å²) in [5, 5.41) is 1.94. The Bertz CT molecular complexity index is 706. The molecular formula is C17H19NO4S2. The first-order valence-electron chi connectivity index (χ1n) is 7.47. The van der Waals surface area contributed by atoms with Crippen LogP contribution in [0.5, 0.6) is 0 Å². The number of aryl methyl sites for hydroxylation is 1. The number of ether oxygens (including phenoxy) is 1. The maximum atomic E-state index is 11.9. The number of nitrogens with zero attached hydrogens (tertiary/aromatic N) is 1. The van der Waals surface area contributed by atoms with Crippen molar-refractivity contribution in [2.45, 2.75) is 26.3 Å². The maximum Gasteiger partial charge on any atom is 0.306 e. The van der Waals surface area contributed by atoms with Gasteiger partial charge in [-0.05, 0) is 30.5 Å². The predicted octanol–water partition coefficient (Wildman–Crippen LogP) is 3.28. The first-order chi connectivity index (χ1) is 11.5. The Hall–Kier alpha value is -1.99. The molecule has 0 atom stereocenters. The average Bonchev–Trinajstić information content (AvgIpc) is 3.21. The zero-order valence-corrected chi connectivity index (χ0v) is 15.2. The van der Waals surface area contributed by atoms with E-state index in [0.717, 1.165) is 9.75 Å². The SMILES string of the molecule is Cc1ccc(C(=O)CCC(=O)OCC(=O)N(C)Cc2cccs2)s1. The molecule has 7 heteroatoms. The van der Waals surface area contributed by atoms with Gasteiger partial charge in [0.05, 0.1) is 17.8 Å². The van der Waals surface area contributed by atoms with Crippen molar-refractivity contribution in [1.29, 1.82) is 0 Å². The highest BCUT2D eigenvalue weighted by Gasteiger charge is 2.15. The number of carbonyl (C=O) groups excluding carboxylic acids is 3. The van der Waals surface area contributed by atoms with Crippen LogP contribution in [0.25, 0.3) is 0 Å². The summed E-state index contributed by atoms with van der Waals surface area (Å²) >= 11 is 2.98. The first kappa shape index (κ1) is 18.4. The van der Waals surface area contributed by atoms with Crippen LogP contribution in [0.4, 0.5) is 0 Å². The van der Waals surface area contributed by atoms with Gasteiger partial charge in [-0.1, -0.05) is 6.07 Å². The second-order valence-corrected chi connectivity index (χ2v) is 7.64. The summed E-state index contributed by atoms with van der Waals surface area (Å²) in [6.45, 7) is 2.12. The molecule has 0 fully saturated rings. The minimum absolute atomic E-state index is 0.0162. The Morgan fingerprint density at radius 2 is 1.96 bits per heavy atom. The summed E-state index contributed by atoms with van der Waals surface area (Å²) in [5.41, 5.74) is 0. The number of esters is 1. The molecule has 2 aromatic heterocycles. The molecule has 5 nitrogen and oxygen atoms in total. The van der Waals surface area contributed by atoms with Crippen LogP contribution >= 0.6 is 22.7 Å². The predicted molar refractivity (Wildman–Crippen MR) is 94.4 cm³/mol. The van der Waals surface area contributed by atoms with E-state index in [1.165, 1.54) is 16.2 Å². The molecule has 2 aromatic rings.